The minimum atomic E-state index is -1.02. The van der Waals surface area contributed by atoms with Crippen LogP contribution >= 0.6 is 7.26 Å². The van der Waals surface area contributed by atoms with Gasteiger partial charge in [0.15, 0.2) is 0 Å². The van der Waals surface area contributed by atoms with Crippen molar-refractivity contribution in [2.24, 2.45) is 0 Å². The van der Waals surface area contributed by atoms with Crippen LogP contribution in [-0.4, -0.2) is 31.9 Å². The summed E-state index contributed by atoms with van der Waals surface area (Å²) in [4.78, 5) is 0. The van der Waals surface area contributed by atoms with E-state index in [1.807, 2.05) is 7.11 Å². The monoisotopic (exact) mass is 164 g/mol. The van der Waals surface area contributed by atoms with Crippen LogP contribution in [0.25, 0.3) is 0 Å². The third kappa shape index (κ3) is 2.21. The van der Waals surface area contributed by atoms with Gasteiger partial charge in [-0.15, -0.1) is 0 Å². The Morgan fingerprint density at radius 2 is 1.70 bits per heavy atom. The third-order valence-electron chi connectivity index (χ3n) is 2.95. The molecular formula is C8H21OP. The SMILES string of the molecule is CC[PH](C)(CC)C(C)OC. The molecule has 0 N–H and O–H groups in total. The van der Waals surface area contributed by atoms with Gasteiger partial charge >= 0.3 is 64.7 Å². The number of hydrogen-bond donors (Lipinski definition) is 0. The second-order valence-corrected chi connectivity index (χ2v) is 8.77. The van der Waals surface area contributed by atoms with Crippen LogP contribution in [0.3, 0.4) is 0 Å². The summed E-state index contributed by atoms with van der Waals surface area (Å²) in [5.41, 5.74) is 0. The van der Waals surface area contributed by atoms with Crippen LogP contribution < -0.4 is 0 Å². The summed E-state index contributed by atoms with van der Waals surface area (Å²) in [6.45, 7) is 9.19. The van der Waals surface area contributed by atoms with Crippen molar-refractivity contribution in [1.82, 2.24) is 0 Å². The van der Waals surface area contributed by atoms with Gasteiger partial charge in [-0.1, -0.05) is 0 Å². The van der Waals surface area contributed by atoms with Gasteiger partial charge in [-0.25, -0.2) is 0 Å². The molecule has 64 valence electrons. The minimum absolute atomic E-state index is 0.516. The van der Waals surface area contributed by atoms with Crippen molar-refractivity contribution < 1.29 is 4.74 Å². The van der Waals surface area contributed by atoms with Gasteiger partial charge in [-0.05, 0) is 0 Å². The van der Waals surface area contributed by atoms with Gasteiger partial charge in [0.1, 0.15) is 0 Å². The van der Waals surface area contributed by atoms with Crippen molar-refractivity contribution in [2.45, 2.75) is 26.6 Å². The van der Waals surface area contributed by atoms with Crippen molar-refractivity contribution >= 4 is 7.26 Å². The van der Waals surface area contributed by atoms with E-state index in [0.717, 1.165) is 0 Å². The molecule has 0 saturated carbocycles. The maximum atomic E-state index is 5.36. The molecule has 0 amide bonds. The van der Waals surface area contributed by atoms with E-state index in [4.69, 9.17) is 4.74 Å². The molecule has 0 aromatic heterocycles. The molecule has 0 aromatic rings. The third-order valence-corrected chi connectivity index (χ3v) is 8.38. The molecule has 0 fully saturated rings. The Kier molecular flexibility index (Phi) is 4.47. The van der Waals surface area contributed by atoms with Gasteiger partial charge in [0.25, 0.3) is 0 Å². The summed E-state index contributed by atoms with van der Waals surface area (Å²) in [6.07, 6.45) is 2.66. The predicted molar refractivity (Wildman–Crippen MR) is 51.8 cm³/mol. The molecule has 0 heterocycles. The fourth-order valence-electron chi connectivity index (χ4n) is 1.11. The zero-order chi connectivity index (χ0) is 8.20. The molecule has 0 radical (unpaired) electrons. The van der Waals surface area contributed by atoms with Crippen LogP contribution in [-0.2, 0) is 4.74 Å². The first-order valence-corrected chi connectivity index (χ1v) is 7.12. The van der Waals surface area contributed by atoms with Crippen LogP contribution in [0, 0.1) is 0 Å². The normalized spacial score (nSPS) is 16.9. The van der Waals surface area contributed by atoms with E-state index in [-0.39, 0.29) is 0 Å². The van der Waals surface area contributed by atoms with Crippen LogP contribution in [0.1, 0.15) is 20.8 Å². The van der Waals surface area contributed by atoms with Gasteiger partial charge < -0.3 is 0 Å². The van der Waals surface area contributed by atoms with Crippen molar-refractivity contribution in [1.29, 1.82) is 0 Å². The average molecular weight is 164 g/mol. The molecule has 1 unspecified atom stereocenters. The maximum absolute atomic E-state index is 5.36. The Morgan fingerprint density at radius 3 is 1.80 bits per heavy atom. The summed E-state index contributed by atoms with van der Waals surface area (Å²) in [5.74, 6) is 0.516. The summed E-state index contributed by atoms with van der Waals surface area (Å²) < 4.78 is 5.36. The van der Waals surface area contributed by atoms with Gasteiger partial charge in [-0.2, -0.15) is 0 Å². The summed E-state index contributed by atoms with van der Waals surface area (Å²) in [7, 11) is 0.798. The summed E-state index contributed by atoms with van der Waals surface area (Å²) >= 11 is 0. The van der Waals surface area contributed by atoms with Crippen molar-refractivity contribution in [3.63, 3.8) is 0 Å². The van der Waals surface area contributed by atoms with Gasteiger partial charge in [-0.3, -0.25) is 0 Å². The van der Waals surface area contributed by atoms with E-state index >= 15 is 0 Å². The topological polar surface area (TPSA) is 9.23 Å². The fourth-order valence-corrected chi connectivity index (χ4v) is 3.33. The van der Waals surface area contributed by atoms with Crippen LogP contribution in [0.4, 0.5) is 0 Å². The quantitative estimate of drug-likeness (QED) is 0.580. The van der Waals surface area contributed by atoms with E-state index in [9.17, 15) is 0 Å². The molecule has 0 bridgehead atoms. The van der Waals surface area contributed by atoms with Crippen LogP contribution in [0.5, 0.6) is 0 Å². The first-order valence-electron chi connectivity index (χ1n) is 4.13. The Labute approximate surface area is 65.5 Å². The summed E-state index contributed by atoms with van der Waals surface area (Å²) in [6, 6.07) is 0. The van der Waals surface area contributed by atoms with E-state index in [0.29, 0.717) is 5.85 Å². The van der Waals surface area contributed by atoms with Crippen molar-refractivity contribution in [2.75, 3.05) is 26.1 Å². The number of hydrogen-bond acceptors (Lipinski definition) is 1. The number of rotatable bonds is 4. The second kappa shape index (κ2) is 4.31. The molecule has 0 aliphatic carbocycles. The van der Waals surface area contributed by atoms with E-state index in [2.05, 4.69) is 27.4 Å². The second-order valence-electron chi connectivity index (χ2n) is 3.24. The van der Waals surface area contributed by atoms with Crippen LogP contribution in [0.15, 0.2) is 0 Å². The Hall–Kier alpha value is 0.390. The van der Waals surface area contributed by atoms with E-state index in [1.165, 1.54) is 12.3 Å². The molecule has 0 aliphatic rings. The summed E-state index contributed by atoms with van der Waals surface area (Å²) in [5, 5.41) is 0. The number of ether oxygens (including phenoxy) is 1. The Bertz CT molecular complexity index is 89.3. The average Bonchev–Trinajstić information content (AvgIpc) is 2.01. The molecule has 2 heteroatoms. The molecule has 0 rings (SSSR count). The van der Waals surface area contributed by atoms with Gasteiger partial charge in [0.05, 0.1) is 0 Å². The fraction of sp³-hybridized carbons (Fsp3) is 1.00. The molecule has 10 heavy (non-hydrogen) atoms. The first-order chi connectivity index (χ1) is 4.60. The molecule has 0 aliphatic heterocycles. The predicted octanol–water partition coefficient (Wildman–Crippen LogP) is 2.40. The van der Waals surface area contributed by atoms with Gasteiger partial charge in [0, 0.05) is 0 Å². The Balaban J connectivity index is 4.02. The molecule has 0 saturated heterocycles. The molecule has 1 atom stereocenters. The van der Waals surface area contributed by atoms with Crippen molar-refractivity contribution in [3.05, 3.63) is 0 Å². The van der Waals surface area contributed by atoms with E-state index in [1.54, 1.807) is 0 Å². The first kappa shape index (κ1) is 10.4. The van der Waals surface area contributed by atoms with Crippen LogP contribution in [0.2, 0.25) is 0 Å². The molecule has 1 nitrogen and oxygen atoms in total. The standard InChI is InChI=1S/C8H21OP/c1-6-10(5,7-2)8(3)9-4/h8,10H,6-7H2,1-5H3. The van der Waals surface area contributed by atoms with Crippen molar-refractivity contribution in [3.8, 4) is 0 Å². The van der Waals surface area contributed by atoms with Gasteiger partial charge in [0.2, 0.25) is 0 Å². The number of methoxy groups -OCH3 is 1. The molecular weight excluding hydrogens is 143 g/mol. The molecule has 0 spiro atoms. The zero-order valence-electron chi connectivity index (χ0n) is 7.90. The van der Waals surface area contributed by atoms with E-state index < -0.39 is 7.26 Å². The Morgan fingerprint density at radius 1 is 1.30 bits per heavy atom. The molecule has 0 aromatic carbocycles. The zero-order valence-corrected chi connectivity index (χ0v) is 8.90.